The van der Waals surface area contributed by atoms with Crippen LogP contribution in [0.2, 0.25) is 0 Å². The highest BCUT2D eigenvalue weighted by Crippen LogP contribution is 2.14. The van der Waals surface area contributed by atoms with Crippen LogP contribution in [0.1, 0.15) is 31.5 Å². The van der Waals surface area contributed by atoms with Crippen molar-refractivity contribution in [3.63, 3.8) is 0 Å². The second kappa shape index (κ2) is 6.53. The summed E-state index contributed by atoms with van der Waals surface area (Å²) in [6, 6.07) is 0.282. The predicted molar refractivity (Wildman–Crippen MR) is 58.5 cm³/mol. The van der Waals surface area contributed by atoms with E-state index in [1.165, 1.54) is 0 Å². The van der Waals surface area contributed by atoms with E-state index in [1.54, 1.807) is 7.11 Å². The molecule has 15 heavy (non-hydrogen) atoms. The Kier molecular flexibility index (Phi) is 5.28. The first kappa shape index (κ1) is 12.1. The predicted octanol–water partition coefficient (Wildman–Crippen LogP) is 0.892. The first-order chi connectivity index (χ1) is 7.29. The topological polar surface area (TPSA) is 52.0 Å². The molecule has 0 aliphatic rings. The summed E-state index contributed by atoms with van der Waals surface area (Å²) in [6.07, 6.45) is 3.87. The number of nitrogens with one attached hydrogen (secondary N) is 1. The molecule has 5 heteroatoms. The lowest BCUT2D eigenvalue weighted by atomic mass is 10.1. The lowest BCUT2D eigenvalue weighted by Gasteiger charge is -2.17. The van der Waals surface area contributed by atoms with E-state index in [4.69, 9.17) is 4.74 Å². The quantitative estimate of drug-likeness (QED) is 0.729. The van der Waals surface area contributed by atoms with Gasteiger partial charge in [-0.05, 0) is 19.4 Å². The van der Waals surface area contributed by atoms with Crippen LogP contribution in [0.3, 0.4) is 0 Å². The summed E-state index contributed by atoms with van der Waals surface area (Å²) in [5, 5.41) is 11.3. The number of rotatable bonds is 7. The molecular weight excluding hydrogens is 192 g/mol. The third-order valence-corrected chi connectivity index (χ3v) is 2.36. The molecule has 0 amide bonds. The van der Waals surface area contributed by atoms with Crippen molar-refractivity contribution < 1.29 is 4.74 Å². The van der Waals surface area contributed by atoms with Gasteiger partial charge in [-0.2, -0.15) is 0 Å². The highest BCUT2D eigenvalue weighted by molar-refractivity contribution is 5.01. The molecule has 1 rings (SSSR count). The van der Waals surface area contributed by atoms with Crippen LogP contribution in [0.15, 0.2) is 6.20 Å². The fraction of sp³-hybridized carbons (Fsp3) is 0.800. The largest absolute Gasteiger partial charge is 0.385 e. The van der Waals surface area contributed by atoms with Gasteiger partial charge in [0, 0.05) is 20.8 Å². The van der Waals surface area contributed by atoms with E-state index in [0.717, 1.165) is 31.7 Å². The van der Waals surface area contributed by atoms with E-state index in [0.29, 0.717) is 0 Å². The minimum absolute atomic E-state index is 0.282. The van der Waals surface area contributed by atoms with Crippen molar-refractivity contribution in [2.75, 3.05) is 20.3 Å². The summed E-state index contributed by atoms with van der Waals surface area (Å²) < 4.78 is 6.91. The Balaban J connectivity index is 2.58. The van der Waals surface area contributed by atoms with Gasteiger partial charge in [0.2, 0.25) is 0 Å². The zero-order valence-corrected chi connectivity index (χ0v) is 9.73. The molecule has 1 heterocycles. The molecule has 0 spiro atoms. The molecule has 0 saturated heterocycles. The van der Waals surface area contributed by atoms with Gasteiger partial charge in [-0.3, -0.25) is 4.68 Å². The smallest absolute Gasteiger partial charge is 0.0754 e. The summed E-state index contributed by atoms with van der Waals surface area (Å²) in [5.74, 6) is 0. The fourth-order valence-corrected chi connectivity index (χ4v) is 1.52. The van der Waals surface area contributed by atoms with E-state index in [-0.39, 0.29) is 6.04 Å². The van der Waals surface area contributed by atoms with Crippen LogP contribution in [0.5, 0.6) is 0 Å². The number of aromatic nitrogens is 3. The second-order valence-electron chi connectivity index (χ2n) is 3.57. The fourth-order valence-electron chi connectivity index (χ4n) is 1.52. The summed E-state index contributed by atoms with van der Waals surface area (Å²) in [7, 11) is 3.63. The average molecular weight is 212 g/mol. The number of ether oxygens (including phenoxy) is 1. The van der Waals surface area contributed by atoms with Crippen LogP contribution in [-0.4, -0.2) is 35.3 Å². The van der Waals surface area contributed by atoms with E-state index in [9.17, 15) is 0 Å². The maximum atomic E-state index is 5.10. The van der Waals surface area contributed by atoms with Crippen molar-refractivity contribution in [3.8, 4) is 0 Å². The third-order valence-electron chi connectivity index (χ3n) is 2.36. The summed E-state index contributed by atoms with van der Waals surface area (Å²) >= 11 is 0. The number of nitrogens with zero attached hydrogens (tertiary/aromatic N) is 3. The molecule has 0 bridgehead atoms. The van der Waals surface area contributed by atoms with Gasteiger partial charge in [0.15, 0.2) is 0 Å². The van der Waals surface area contributed by atoms with Gasteiger partial charge in [0.25, 0.3) is 0 Å². The van der Waals surface area contributed by atoms with Crippen molar-refractivity contribution >= 4 is 0 Å². The van der Waals surface area contributed by atoms with Crippen LogP contribution in [0, 0.1) is 0 Å². The molecule has 0 aromatic carbocycles. The van der Waals surface area contributed by atoms with Crippen LogP contribution in [0.4, 0.5) is 0 Å². The van der Waals surface area contributed by atoms with Gasteiger partial charge in [-0.25, -0.2) is 0 Å². The van der Waals surface area contributed by atoms with Gasteiger partial charge in [0.1, 0.15) is 0 Å². The molecule has 0 aliphatic carbocycles. The van der Waals surface area contributed by atoms with Gasteiger partial charge in [-0.15, -0.1) is 5.10 Å². The number of aryl methyl sites for hydroxylation is 1. The average Bonchev–Trinajstić information content (AvgIpc) is 2.65. The maximum absolute atomic E-state index is 5.10. The molecule has 0 fully saturated rings. The van der Waals surface area contributed by atoms with Crippen LogP contribution in [0.25, 0.3) is 0 Å². The molecule has 1 atom stereocenters. The Morgan fingerprint density at radius 1 is 1.60 bits per heavy atom. The molecule has 1 aromatic heterocycles. The summed E-state index contributed by atoms with van der Waals surface area (Å²) in [4.78, 5) is 0. The maximum Gasteiger partial charge on any atom is 0.0754 e. The molecule has 5 nitrogen and oxygen atoms in total. The summed E-state index contributed by atoms with van der Waals surface area (Å²) in [6.45, 7) is 3.90. The van der Waals surface area contributed by atoms with Crippen LogP contribution < -0.4 is 5.32 Å². The number of hydrogen-bond acceptors (Lipinski definition) is 4. The van der Waals surface area contributed by atoms with Crippen molar-refractivity contribution in [1.82, 2.24) is 20.3 Å². The molecule has 0 radical (unpaired) electrons. The number of methoxy groups -OCH3 is 1. The van der Waals surface area contributed by atoms with Gasteiger partial charge >= 0.3 is 0 Å². The Morgan fingerprint density at radius 3 is 2.93 bits per heavy atom. The zero-order chi connectivity index (χ0) is 11.1. The third kappa shape index (κ3) is 3.60. The SMILES string of the molecule is CCCNC(CCOC)c1cnnn1C. The van der Waals surface area contributed by atoms with E-state index < -0.39 is 0 Å². The standard InChI is InChI=1S/C10H20N4O/c1-4-6-11-9(5-7-15-3)10-8-12-13-14(10)2/h8-9,11H,4-7H2,1-3H3. The Morgan fingerprint density at radius 2 is 2.40 bits per heavy atom. The lowest BCUT2D eigenvalue weighted by Crippen LogP contribution is -2.25. The van der Waals surface area contributed by atoms with Crippen molar-refractivity contribution in [1.29, 1.82) is 0 Å². The molecule has 86 valence electrons. The Bertz CT molecular complexity index is 266. The van der Waals surface area contributed by atoms with Gasteiger partial charge < -0.3 is 10.1 Å². The number of hydrogen-bond donors (Lipinski definition) is 1. The van der Waals surface area contributed by atoms with E-state index in [2.05, 4.69) is 22.6 Å². The monoisotopic (exact) mass is 212 g/mol. The molecule has 1 unspecified atom stereocenters. The highest BCUT2D eigenvalue weighted by Gasteiger charge is 2.14. The molecule has 0 aliphatic heterocycles. The second-order valence-corrected chi connectivity index (χ2v) is 3.57. The molecule has 0 saturated carbocycles. The van der Waals surface area contributed by atoms with Gasteiger partial charge in [-0.1, -0.05) is 12.1 Å². The minimum atomic E-state index is 0.282. The van der Waals surface area contributed by atoms with Crippen molar-refractivity contribution in [2.45, 2.75) is 25.8 Å². The first-order valence-corrected chi connectivity index (χ1v) is 5.36. The Labute approximate surface area is 90.8 Å². The zero-order valence-electron chi connectivity index (χ0n) is 9.73. The first-order valence-electron chi connectivity index (χ1n) is 5.36. The van der Waals surface area contributed by atoms with Gasteiger partial charge in [0.05, 0.1) is 17.9 Å². The van der Waals surface area contributed by atoms with Crippen LogP contribution in [-0.2, 0) is 11.8 Å². The molecule has 1 aromatic rings. The van der Waals surface area contributed by atoms with Crippen LogP contribution >= 0.6 is 0 Å². The van der Waals surface area contributed by atoms with Crippen molar-refractivity contribution in [2.24, 2.45) is 7.05 Å². The normalized spacial score (nSPS) is 13.0. The van der Waals surface area contributed by atoms with E-state index in [1.807, 2.05) is 17.9 Å². The minimum Gasteiger partial charge on any atom is -0.385 e. The Hall–Kier alpha value is -0.940. The molecule has 1 N–H and O–H groups in total. The molecular formula is C10H20N4O. The lowest BCUT2D eigenvalue weighted by molar-refractivity contribution is 0.181. The van der Waals surface area contributed by atoms with E-state index >= 15 is 0 Å². The summed E-state index contributed by atoms with van der Waals surface area (Å²) in [5.41, 5.74) is 1.11. The van der Waals surface area contributed by atoms with Crippen molar-refractivity contribution in [3.05, 3.63) is 11.9 Å². The highest BCUT2D eigenvalue weighted by atomic mass is 16.5.